The van der Waals surface area contributed by atoms with E-state index in [9.17, 15) is 23.9 Å². The van der Waals surface area contributed by atoms with Crippen LogP contribution < -0.4 is 10.9 Å². The van der Waals surface area contributed by atoms with Crippen LogP contribution >= 0.6 is 0 Å². The Labute approximate surface area is 194 Å². The molecule has 34 heavy (non-hydrogen) atoms. The van der Waals surface area contributed by atoms with E-state index in [1.54, 1.807) is 0 Å². The maximum Gasteiger partial charge on any atom is 0.291 e. The minimum atomic E-state index is -1.52. The molecule has 4 fully saturated rings. The maximum absolute atomic E-state index is 14.8. The smallest absolute Gasteiger partial charge is 0.291 e. The standard InChI is InChI=1S/C23H26FN5O5/c24-23(7-8-23)12-27-20-13(1-6-17(30)28-15-4-5-16(28)11-34-10-15)9-25-29(20)22(33)18(21(27)32)19(31)26-14-2-3-14/h1,6,9,14-16,32H,2-5,7-8,10-12H2,(H,26,31)/b6-1+. The van der Waals surface area contributed by atoms with Crippen molar-refractivity contribution >= 4 is 23.5 Å². The summed E-state index contributed by atoms with van der Waals surface area (Å²) in [7, 11) is 0. The minimum absolute atomic E-state index is 0.0241. The zero-order valence-corrected chi connectivity index (χ0v) is 18.6. The molecule has 4 aliphatic rings. The molecule has 0 spiro atoms. The molecule has 2 N–H and O–H groups in total. The number of aromatic hydroxyl groups is 1. The molecule has 2 bridgehead atoms. The molecule has 2 aromatic heterocycles. The molecular weight excluding hydrogens is 445 g/mol. The van der Waals surface area contributed by atoms with Gasteiger partial charge in [-0.15, -0.1) is 0 Å². The summed E-state index contributed by atoms with van der Waals surface area (Å²) >= 11 is 0. The number of halogens is 1. The molecule has 10 nitrogen and oxygen atoms in total. The van der Waals surface area contributed by atoms with Gasteiger partial charge in [0.2, 0.25) is 11.8 Å². The van der Waals surface area contributed by atoms with Crippen LogP contribution in [0.25, 0.3) is 11.7 Å². The first-order valence-electron chi connectivity index (χ1n) is 11.8. The molecular formula is C23H26FN5O5. The van der Waals surface area contributed by atoms with Crippen molar-refractivity contribution in [3.63, 3.8) is 0 Å². The van der Waals surface area contributed by atoms with Crippen LogP contribution in [0, 0.1) is 0 Å². The topological polar surface area (TPSA) is 118 Å². The summed E-state index contributed by atoms with van der Waals surface area (Å²) in [5.41, 5.74) is -2.25. The number of aromatic nitrogens is 3. The Morgan fingerprint density at radius 2 is 1.94 bits per heavy atom. The monoisotopic (exact) mass is 471 g/mol. The largest absolute Gasteiger partial charge is 0.494 e. The summed E-state index contributed by atoms with van der Waals surface area (Å²) in [4.78, 5) is 40.5. The summed E-state index contributed by atoms with van der Waals surface area (Å²) < 4.78 is 22.6. The molecule has 2 aromatic rings. The van der Waals surface area contributed by atoms with Crippen molar-refractivity contribution in [1.82, 2.24) is 24.4 Å². The summed E-state index contributed by atoms with van der Waals surface area (Å²) in [5.74, 6) is -1.46. The highest BCUT2D eigenvalue weighted by Gasteiger charge is 2.45. The lowest BCUT2D eigenvalue weighted by Crippen LogP contribution is -2.48. The van der Waals surface area contributed by atoms with Gasteiger partial charge in [0.15, 0.2) is 5.56 Å². The Morgan fingerprint density at radius 1 is 1.24 bits per heavy atom. The number of nitrogens with one attached hydrogen (secondary N) is 1. The second-order valence-electron chi connectivity index (χ2n) is 9.83. The molecule has 2 aliphatic carbocycles. The number of nitrogens with zero attached hydrogens (tertiary/aromatic N) is 4. The van der Waals surface area contributed by atoms with E-state index in [-0.39, 0.29) is 36.2 Å². The summed E-state index contributed by atoms with van der Waals surface area (Å²) in [5, 5.41) is 17.8. The van der Waals surface area contributed by atoms with E-state index in [0.29, 0.717) is 31.6 Å². The third-order valence-electron chi connectivity index (χ3n) is 7.19. The average molecular weight is 471 g/mol. The number of amides is 2. The second kappa shape index (κ2) is 7.66. The van der Waals surface area contributed by atoms with Gasteiger partial charge in [0.25, 0.3) is 11.5 Å². The normalized spacial score (nSPS) is 25.3. The highest BCUT2D eigenvalue weighted by Crippen LogP contribution is 2.42. The number of hydrogen-bond acceptors (Lipinski definition) is 6. The van der Waals surface area contributed by atoms with Crippen LogP contribution in [0.4, 0.5) is 4.39 Å². The molecule has 2 saturated heterocycles. The number of ether oxygens (including phenoxy) is 1. The van der Waals surface area contributed by atoms with Gasteiger partial charge in [-0.05, 0) is 44.6 Å². The number of morpholine rings is 1. The van der Waals surface area contributed by atoms with E-state index < -0.39 is 28.6 Å². The zero-order valence-electron chi connectivity index (χ0n) is 18.6. The van der Waals surface area contributed by atoms with Crippen molar-refractivity contribution in [1.29, 1.82) is 0 Å². The number of carbonyl (C=O) groups excluding carboxylic acids is 2. The fraction of sp³-hybridized carbons (Fsp3) is 0.565. The molecule has 2 unspecified atom stereocenters. The molecule has 180 valence electrons. The molecule has 6 rings (SSSR count). The van der Waals surface area contributed by atoms with E-state index in [4.69, 9.17) is 4.74 Å². The van der Waals surface area contributed by atoms with Gasteiger partial charge in [0, 0.05) is 17.7 Å². The Hall–Kier alpha value is -3.21. The third-order valence-corrected chi connectivity index (χ3v) is 7.19. The van der Waals surface area contributed by atoms with Gasteiger partial charge in [0.05, 0.1) is 38.0 Å². The van der Waals surface area contributed by atoms with Crippen LogP contribution in [0.15, 0.2) is 17.1 Å². The fourth-order valence-electron chi connectivity index (χ4n) is 4.97. The van der Waals surface area contributed by atoms with Crippen LogP contribution in [0.2, 0.25) is 0 Å². The Kier molecular flexibility index (Phi) is 4.80. The lowest BCUT2D eigenvalue weighted by atomic mass is 10.2. The molecule has 11 heteroatoms. The number of alkyl halides is 1. The Bertz CT molecular complexity index is 1260. The fourth-order valence-corrected chi connectivity index (χ4v) is 4.97. The van der Waals surface area contributed by atoms with Crippen molar-refractivity contribution in [2.75, 3.05) is 13.2 Å². The van der Waals surface area contributed by atoms with Gasteiger partial charge < -0.3 is 20.1 Å². The van der Waals surface area contributed by atoms with E-state index >= 15 is 0 Å². The summed E-state index contributed by atoms with van der Waals surface area (Å²) in [6, 6.07) is 0.0793. The van der Waals surface area contributed by atoms with Gasteiger partial charge in [0.1, 0.15) is 11.3 Å². The van der Waals surface area contributed by atoms with Gasteiger partial charge in [-0.25, -0.2) is 4.39 Å². The first kappa shape index (κ1) is 21.3. The number of carbonyl (C=O) groups is 2. The molecule has 0 radical (unpaired) electrons. The van der Waals surface area contributed by atoms with Crippen molar-refractivity contribution in [3.05, 3.63) is 33.8 Å². The minimum Gasteiger partial charge on any atom is -0.494 e. The first-order valence-corrected chi connectivity index (χ1v) is 11.8. The van der Waals surface area contributed by atoms with E-state index in [0.717, 1.165) is 30.2 Å². The molecule has 0 aromatic carbocycles. The number of fused-ring (bicyclic) bond motifs is 3. The molecule has 2 aliphatic heterocycles. The Morgan fingerprint density at radius 3 is 2.59 bits per heavy atom. The predicted octanol–water partition coefficient (Wildman–Crippen LogP) is 0.999. The van der Waals surface area contributed by atoms with Gasteiger partial charge >= 0.3 is 0 Å². The molecule has 2 amide bonds. The maximum atomic E-state index is 14.8. The first-order chi connectivity index (χ1) is 16.3. The highest BCUT2D eigenvalue weighted by molar-refractivity contribution is 5.97. The Balaban J connectivity index is 1.39. The quantitative estimate of drug-likeness (QED) is 0.607. The van der Waals surface area contributed by atoms with Crippen molar-refractivity contribution in [3.8, 4) is 5.88 Å². The SMILES string of the molecule is O=C(NC1CC1)c1c(O)n(CC2(F)CC2)c2c(/C=C/C(=O)N3C4CCC3COC4)cnn2c1=O. The second-order valence-corrected chi connectivity index (χ2v) is 9.83. The van der Waals surface area contributed by atoms with Gasteiger partial charge in [-0.1, -0.05) is 0 Å². The van der Waals surface area contributed by atoms with E-state index in [1.165, 1.54) is 22.9 Å². The van der Waals surface area contributed by atoms with E-state index in [1.807, 2.05) is 4.90 Å². The van der Waals surface area contributed by atoms with Crippen LogP contribution in [-0.2, 0) is 16.1 Å². The van der Waals surface area contributed by atoms with E-state index in [2.05, 4.69) is 10.4 Å². The van der Waals surface area contributed by atoms with Gasteiger partial charge in [-0.2, -0.15) is 9.61 Å². The van der Waals surface area contributed by atoms with Crippen molar-refractivity contribution in [2.24, 2.45) is 0 Å². The predicted molar refractivity (Wildman–Crippen MR) is 118 cm³/mol. The van der Waals surface area contributed by atoms with Crippen molar-refractivity contribution in [2.45, 2.75) is 68.9 Å². The third kappa shape index (κ3) is 3.58. The lowest BCUT2D eigenvalue weighted by Gasteiger charge is -2.33. The molecule has 2 atom stereocenters. The van der Waals surface area contributed by atoms with Crippen LogP contribution in [0.5, 0.6) is 5.88 Å². The molecule has 4 heterocycles. The summed E-state index contributed by atoms with van der Waals surface area (Å²) in [6.07, 6.45) is 8.39. The summed E-state index contributed by atoms with van der Waals surface area (Å²) in [6.45, 7) is 0.815. The van der Waals surface area contributed by atoms with Crippen LogP contribution in [-0.4, -0.2) is 73.0 Å². The van der Waals surface area contributed by atoms with Crippen LogP contribution in [0.1, 0.15) is 54.4 Å². The lowest BCUT2D eigenvalue weighted by molar-refractivity contribution is -0.135. The average Bonchev–Trinajstić information content (AvgIpc) is 3.70. The van der Waals surface area contributed by atoms with Crippen LogP contribution in [0.3, 0.4) is 0 Å². The number of rotatable bonds is 6. The highest BCUT2D eigenvalue weighted by atomic mass is 19.1. The van der Waals surface area contributed by atoms with Crippen molar-refractivity contribution < 1.29 is 23.8 Å². The number of hydrogen-bond donors (Lipinski definition) is 2. The zero-order chi connectivity index (χ0) is 23.6. The van der Waals surface area contributed by atoms with Gasteiger partial charge in [-0.3, -0.25) is 19.0 Å². The molecule has 2 saturated carbocycles.